The second kappa shape index (κ2) is 5.76. The van der Waals surface area contributed by atoms with Crippen molar-refractivity contribution in [1.29, 1.82) is 5.26 Å². The third-order valence-corrected chi connectivity index (χ3v) is 3.33. The molecule has 0 saturated heterocycles. The highest BCUT2D eigenvalue weighted by molar-refractivity contribution is 6.32. The number of anilines is 1. The van der Waals surface area contributed by atoms with Gasteiger partial charge in [0.15, 0.2) is 0 Å². The van der Waals surface area contributed by atoms with Crippen LogP contribution in [0.5, 0.6) is 0 Å². The summed E-state index contributed by atoms with van der Waals surface area (Å²) < 4.78 is 1.18. The first-order valence-corrected chi connectivity index (χ1v) is 6.39. The number of nitrogens with zero attached hydrogens (tertiary/aromatic N) is 3. The van der Waals surface area contributed by atoms with Crippen LogP contribution in [0.15, 0.2) is 35.3 Å². The molecule has 2 rings (SSSR count). The Bertz CT molecular complexity index is 733. The predicted octanol–water partition coefficient (Wildman–Crippen LogP) is 2.48. The minimum atomic E-state index is -0.352. The van der Waals surface area contributed by atoms with Crippen LogP contribution in [0.25, 0.3) is 0 Å². The van der Waals surface area contributed by atoms with Crippen molar-refractivity contribution in [2.24, 2.45) is 7.05 Å². The highest BCUT2D eigenvalue weighted by Gasteiger charge is 2.11. The maximum Gasteiger partial charge on any atom is 0.287 e. The standard InChI is InChI=1S/C14H13ClN4O/c1-9(11-5-3-4-10(6-11)7-16)18-12-8-17-19(2)14(20)13(12)15/h3-6,8-9,18H,1-2H3. The van der Waals surface area contributed by atoms with Gasteiger partial charge in [-0.25, -0.2) is 4.68 Å². The zero-order valence-electron chi connectivity index (χ0n) is 11.1. The topological polar surface area (TPSA) is 70.7 Å². The van der Waals surface area contributed by atoms with E-state index in [1.165, 1.54) is 17.9 Å². The molecule has 6 heteroatoms. The fourth-order valence-corrected chi connectivity index (χ4v) is 2.03. The molecule has 20 heavy (non-hydrogen) atoms. The Morgan fingerprint density at radius 2 is 2.25 bits per heavy atom. The second-order valence-corrected chi connectivity index (χ2v) is 4.78. The highest BCUT2D eigenvalue weighted by Crippen LogP contribution is 2.23. The smallest absolute Gasteiger partial charge is 0.287 e. The highest BCUT2D eigenvalue weighted by atomic mass is 35.5. The first-order valence-electron chi connectivity index (χ1n) is 6.01. The van der Waals surface area contributed by atoms with Crippen molar-refractivity contribution in [3.8, 4) is 6.07 Å². The molecule has 0 aliphatic rings. The number of aryl methyl sites for hydroxylation is 1. The average Bonchev–Trinajstić information content (AvgIpc) is 2.48. The van der Waals surface area contributed by atoms with Crippen molar-refractivity contribution < 1.29 is 0 Å². The molecule has 2 aromatic rings. The lowest BCUT2D eigenvalue weighted by Gasteiger charge is -2.16. The van der Waals surface area contributed by atoms with E-state index in [9.17, 15) is 4.79 Å². The van der Waals surface area contributed by atoms with E-state index >= 15 is 0 Å². The first kappa shape index (κ1) is 14.1. The lowest BCUT2D eigenvalue weighted by Crippen LogP contribution is -2.21. The molecule has 1 aromatic heterocycles. The van der Waals surface area contributed by atoms with Crippen LogP contribution >= 0.6 is 11.6 Å². The van der Waals surface area contributed by atoms with E-state index in [1.807, 2.05) is 19.1 Å². The third kappa shape index (κ3) is 2.81. The van der Waals surface area contributed by atoms with Crippen LogP contribution in [-0.2, 0) is 7.05 Å². The molecule has 0 aliphatic carbocycles. The molecule has 0 amide bonds. The Morgan fingerprint density at radius 1 is 1.50 bits per heavy atom. The molecule has 0 bridgehead atoms. The zero-order chi connectivity index (χ0) is 14.7. The minimum Gasteiger partial charge on any atom is -0.376 e. The number of nitrogens with one attached hydrogen (secondary N) is 1. The zero-order valence-corrected chi connectivity index (χ0v) is 11.8. The van der Waals surface area contributed by atoms with Crippen molar-refractivity contribution in [1.82, 2.24) is 9.78 Å². The van der Waals surface area contributed by atoms with Crippen LogP contribution in [0.2, 0.25) is 5.02 Å². The van der Waals surface area contributed by atoms with Gasteiger partial charge >= 0.3 is 0 Å². The number of aromatic nitrogens is 2. The van der Waals surface area contributed by atoms with E-state index in [0.717, 1.165) is 5.56 Å². The summed E-state index contributed by atoms with van der Waals surface area (Å²) in [4.78, 5) is 11.7. The number of halogens is 1. The number of nitriles is 1. The summed E-state index contributed by atoms with van der Waals surface area (Å²) in [6, 6.07) is 9.24. The molecule has 5 nitrogen and oxygen atoms in total. The molecule has 0 aliphatic heterocycles. The van der Waals surface area contributed by atoms with Crippen LogP contribution in [0, 0.1) is 11.3 Å². The second-order valence-electron chi connectivity index (χ2n) is 4.40. The molecule has 0 radical (unpaired) electrons. The summed E-state index contributed by atoms with van der Waals surface area (Å²) in [5.41, 5.74) is 1.64. The van der Waals surface area contributed by atoms with Gasteiger partial charge in [-0.2, -0.15) is 10.4 Å². The van der Waals surface area contributed by atoms with Crippen LogP contribution in [0.4, 0.5) is 5.69 Å². The van der Waals surface area contributed by atoms with Gasteiger partial charge in [0.1, 0.15) is 5.02 Å². The van der Waals surface area contributed by atoms with E-state index in [4.69, 9.17) is 16.9 Å². The number of rotatable bonds is 3. The molecular weight excluding hydrogens is 276 g/mol. The molecule has 0 saturated carbocycles. The van der Waals surface area contributed by atoms with Crippen molar-refractivity contribution in [2.45, 2.75) is 13.0 Å². The summed E-state index contributed by atoms with van der Waals surface area (Å²) in [6.07, 6.45) is 1.51. The summed E-state index contributed by atoms with van der Waals surface area (Å²) in [7, 11) is 1.54. The molecule has 1 unspecified atom stereocenters. The van der Waals surface area contributed by atoms with Gasteiger partial charge in [-0.3, -0.25) is 4.79 Å². The molecule has 1 atom stereocenters. The van der Waals surface area contributed by atoms with Crippen LogP contribution < -0.4 is 10.9 Å². The molecule has 102 valence electrons. The average molecular weight is 289 g/mol. The molecule has 0 spiro atoms. The van der Waals surface area contributed by atoms with Crippen molar-refractivity contribution in [2.75, 3.05) is 5.32 Å². The lowest BCUT2D eigenvalue weighted by molar-refractivity contribution is 0.706. The molecule has 1 aromatic carbocycles. The maximum atomic E-state index is 11.7. The minimum absolute atomic E-state index is 0.102. The normalized spacial score (nSPS) is 11.7. The summed E-state index contributed by atoms with van der Waals surface area (Å²) >= 11 is 6.00. The Morgan fingerprint density at radius 3 is 2.95 bits per heavy atom. The summed E-state index contributed by atoms with van der Waals surface area (Å²) in [5, 5.41) is 16.1. The summed E-state index contributed by atoms with van der Waals surface area (Å²) in [6.45, 7) is 1.92. The summed E-state index contributed by atoms with van der Waals surface area (Å²) in [5.74, 6) is 0. The molecule has 0 fully saturated rings. The number of hydrogen-bond acceptors (Lipinski definition) is 4. The van der Waals surface area contributed by atoms with E-state index in [0.29, 0.717) is 11.3 Å². The molecule has 1 heterocycles. The van der Waals surface area contributed by atoms with E-state index in [2.05, 4.69) is 16.5 Å². The van der Waals surface area contributed by atoms with Gasteiger partial charge in [-0.05, 0) is 24.6 Å². The SMILES string of the molecule is CC(Nc1cnn(C)c(=O)c1Cl)c1cccc(C#N)c1. The fraction of sp³-hybridized carbons (Fsp3) is 0.214. The van der Waals surface area contributed by atoms with E-state index < -0.39 is 0 Å². The van der Waals surface area contributed by atoms with Crippen LogP contribution in [0.1, 0.15) is 24.1 Å². The van der Waals surface area contributed by atoms with Crippen molar-refractivity contribution >= 4 is 17.3 Å². The number of hydrogen-bond donors (Lipinski definition) is 1. The Kier molecular flexibility index (Phi) is 4.06. The monoisotopic (exact) mass is 288 g/mol. The van der Waals surface area contributed by atoms with E-state index in [-0.39, 0.29) is 16.6 Å². The Balaban J connectivity index is 2.28. The third-order valence-electron chi connectivity index (χ3n) is 2.97. The quantitative estimate of drug-likeness (QED) is 0.942. The maximum absolute atomic E-state index is 11.7. The predicted molar refractivity (Wildman–Crippen MR) is 77.7 cm³/mol. The molecular formula is C14H13ClN4O. The fourth-order valence-electron chi connectivity index (χ4n) is 1.81. The Labute approximate surface area is 121 Å². The van der Waals surface area contributed by atoms with Gasteiger partial charge in [0.25, 0.3) is 5.56 Å². The lowest BCUT2D eigenvalue weighted by atomic mass is 10.1. The number of benzene rings is 1. The molecule has 1 N–H and O–H groups in total. The van der Waals surface area contributed by atoms with Crippen LogP contribution in [0.3, 0.4) is 0 Å². The first-order chi connectivity index (χ1) is 9.52. The van der Waals surface area contributed by atoms with Gasteiger partial charge in [-0.15, -0.1) is 0 Å². The van der Waals surface area contributed by atoms with Crippen molar-refractivity contribution in [3.05, 3.63) is 57.0 Å². The van der Waals surface area contributed by atoms with Gasteiger partial charge in [-0.1, -0.05) is 23.7 Å². The largest absolute Gasteiger partial charge is 0.376 e. The Hall–Kier alpha value is -2.32. The van der Waals surface area contributed by atoms with Crippen molar-refractivity contribution in [3.63, 3.8) is 0 Å². The van der Waals surface area contributed by atoms with Gasteiger partial charge in [0.2, 0.25) is 0 Å². The van der Waals surface area contributed by atoms with E-state index in [1.54, 1.807) is 12.1 Å². The van der Waals surface area contributed by atoms with Gasteiger partial charge < -0.3 is 5.32 Å². The van der Waals surface area contributed by atoms with Crippen LogP contribution in [-0.4, -0.2) is 9.78 Å². The van der Waals surface area contributed by atoms with Gasteiger partial charge in [0.05, 0.1) is 23.5 Å². The van der Waals surface area contributed by atoms with Gasteiger partial charge in [0, 0.05) is 13.1 Å².